The number of nitrogens with two attached hydrogens (primary N) is 1. The summed E-state index contributed by atoms with van der Waals surface area (Å²) < 4.78 is 12.8. The van der Waals surface area contributed by atoms with Crippen molar-refractivity contribution < 1.29 is 14.3 Å². The maximum Gasteiger partial charge on any atom is 0.407 e. The molecule has 106 valence electrons. The van der Waals surface area contributed by atoms with Gasteiger partial charge in [-0.25, -0.2) is 9.18 Å². The molecule has 3 N–H and O–H groups in total. The van der Waals surface area contributed by atoms with E-state index in [0.717, 1.165) is 5.56 Å². The SMILES string of the molecule is Cl.NC1(Cc2ccc(F)cc2)CCN(C(=O)O)CC1. The van der Waals surface area contributed by atoms with E-state index in [-0.39, 0.29) is 23.8 Å². The van der Waals surface area contributed by atoms with Crippen LogP contribution in [0.25, 0.3) is 0 Å². The Labute approximate surface area is 117 Å². The third kappa shape index (κ3) is 4.08. The van der Waals surface area contributed by atoms with E-state index in [2.05, 4.69) is 0 Å². The standard InChI is InChI=1S/C13H17FN2O2.ClH/c14-11-3-1-10(2-4-11)9-13(15)5-7-16(8-6-13)12(17)18;/h1-4H,5-9,15H2,(H,17,18);1H. The van der Waals surface area contributed by atoms with Crippen molar-refractivity contribution in [3.8, 4) is 0 Å². The first-order chi connectivity index (χ1) is 8.48. The lowest BCUT2D eigenvalue weighted by atomic mass is 9.83. The van der Waals surface area contributed by atoms with Crippen molar-refractivity contribution in [2.75, 3.05) is 13.1 Å². The van der Waals surface area contributed by atoms with Crippen LogP contribution in [0.3, 0.4) is 0 Å². The van der Waals surface area contributed by atoms with E-state index in [4.69, 9.17) is 10.8 Å². The molecule has 1 heterocycles. The van der Waals surface area contributed by atoms with E-state index in [1.54, 1.807) is 12.1 Å². The quantitative estimate of drug-likeness (QED) is 0.877. The number of rotatable bonds is 2. The summed E-state index contributed by atoms with van der Waals surface area (Å²) in [4.78, 5) is 12.2. The van der Waals surface area contributed by atoms with Crippen molar-refractivity contribution >= 4 is 18.5 Å². The maximum absolute atomic E-state index is 12.8. The van der Waals surface area contributed by atoms with Gasteiger partial charge in [0, 0.05) is 18.6 Å². The van der Waals surface area contributed by atoms with Crippen molar-refractivity contribution in [2.45, 2.75) is 24.8 Å². The second-order valence-electron chi connectivity index (χ2n) is 4.94. The predicted octanol–water partition coefficient (Wildman–Crippen LogP) is 2.26. The lowest BCUT2D eigenvalue weighted by Gasteiger charge is -2.38. The molecule has 0 aliphatic carbocycles. The average Bonchev–Trinajstić information content (AvgIpc) is 2.32. The molecule has 2 rings (SSSR count). The summed E-state index contributed by atoms with van der Waals surface area (Å²) in [6.45, 7) is 0.931. The zero-order valence-electron chi connectivity index (χ0n) is 10.5. The van der Waals surface area contributed by atoms with Gasteiger partial charge >= 0.3 is 6.09 Å². The van der Waals surface area contributed by atoms with Crippen molar-refractivity contribution in [1.82, 2.24) is 4.90 Å². The normalized spacial score (nSPS) is 17.7. The summed E-state index contributed by atoms with van der Waals surface area (Å²) in [5.41, 5.74) is 6.88. The second kappa shape index (κ2) is 6.21. The van der Waals surface area contributed by atoms with E-state index >= 15 is 0 Å². The van der Waals surface area contributed by atoms with Crippen LogP contribution in [-0.4, -0.2) is 34.7 Å². The van der Waals surface area contributed by atoms with Gasteiger partial charge in [0.1, 0.15) is 5.82 Å². The molecule has 1 saturated heterocycles. The average molecular weight is 289 g/mol. The van der Waals surface area contributed by atoms with Gasteiger partial charge < -0.3 is 15.7 Å². The van der Waals surface area contributed by atoms with E-state index in [0.29, 0.717) is 32.4 Å². The summed E-state index contributed by atoms with van der Waals surface area (Å²) in [5.74, 6) is -0.259. The zero-order chi connectivity index (χ0) is 13.2. The lowest BCUT2D eigenvalue weighted by molar-refractivity contribution is 0.117. The Bertz CT molecular complexity index is 431. The number of carboxylic acid groups (broad SMARTS) is 1. The van der Waals surface area contributed by atoms with Gasteiger partial charge in [-0.15, -0.1) is 12.4 Å². The monoisotopic (exact) mass is 288 g/mol. The molecule has 0 radical (unpaired) electrons. The fourth-order valence-corrected chi connectivity index (χ4v) is 2.33. The lowest BCUT2D eigenvalue weighted by Crippen LogP contribution is -2.52. The summed E-state index contributed by atoms with van der Waals surface area (Å²) in [7, 11) is 0. The number of piperidine rings is 1. The van der Waals surface area contributed by atoms with E-state index < -0.39 is 6.09 Å². The Morgan fingerprint density at radius 3 is 2.32 bits per heavy atom. The topological polar surface area (TPSA) is 66.6 Å². The van der Waals surface area contributed by atoms with Crippen molar-refractivity contribution in [1.29, 1.82) is 0 Å². The summed E-state index contributed by atoms with van der Waals surface area (Å²) in [5, 5.41) is 8.87. The summed E-state index contributed by atoms with van der Waals surface area (Å²) in [6.07, 6.45) is 1.03. The van der Waals surface area contributed by atoms with Crippen LogP contribution in [-0.2, 0) is 6.42 Å². The van der Waals surface area contributed by atoms with Crippen LogP contribution in [0, 0.1) is 5.82 Å². The van der Waals surface area contributed by atoms with Gasteiger partial charge in [0.2, 0.25) is 0 Å². The van der Waals surface area contributed by atoms with Crippen molar-refractivity contribution in [3.63, 3.8) is 0 Å². The maximum atomic E-state index is 12.8. The number of likely N-dealkylation sites (tertiary alicyclic amines) is 1. The minimum absolute atomic E-state index is 0. The highest BCUT2D eigenvalue weighted by Crippen LogP contribution is 2.24. The molecule has 1 fully saturated rings. The molecule has 0 unspecified atom stereocenters. The Balaban J connectivity index is 0.00000180. The molecule has 1 amide bonds. The molecule has 19 heavy (non-hydrogen) atoms. The Kier molecular flexibility index (Phi) is 5.14. The number of amides is 1. The molecule has 0 spiro atoms. The highest BCUT2D eigenvalue weighted by molar-refractivity contribution is 5.85. The van der Waals surface area contributed by atoms with Gasteiger partial charge in [-0.1, -0.05) is 12.1 Å². The molecular formula is C13H18ClFN2O2. The predicted molar refractivity (Wildman–Crippen MR) is 73.1 cm³/mol. The molecule has 1 aliphatic rings. The fourth-order valence-electron chi connectivity index (χ4n) is 2.33. The third-order valence-corrected chi connectivity index (χ3v) is 3.50. The number of halogens is 2. The van der Waals surface area contributed by atoms with E-state index in [1.807, 2.05) is 0 Å². The van der Waals surface area contributed by atoms with Gasteiger partial charge in [-0.3, -0.25) is 0 Å². The zero-order valence-corrected chi connectivity index (χ0v) is 11.3. The largest absolute Gasteiger partial charge is 0.465 e. The van der Waals surface area contributed by atoms with Crippen LogP contribution in [0.5, 0.6) is 0 Å². The summed E-state index contributed by atoms with van der Waals surface area (Å²) >= 11 is 0. The van der Waals surface area contributed by atoms with Crippen LogP contribution in [0.1, 0.15) is 18.4 Å². The van der Waals surface area contributed by atoms with Crippen molar-refractivity contribution in [2.24, 2.45) is 5.73 Å². The summed E-state index contributed by atoms with van der Waals surface area (Å²) in [6, 6.07) is 6.30. The molecule has 0 aromatic heterocycles. The van der Waals surface area contributed by atoms with Crippen LogP contribution < -0.4 is 5.73 Å². The minimum Gasteiger partial charge on any atom is -0.465 e. The highest BCUT2D eigenvalue weighted by Gasteiger charge is 2.32. The van der Waals surface area contributed by atoms with Gasteiger partial charge in [0.15, 0.2) is 0 Å². The first kappa shape index (κ1) is 15.7. The first-order valence-corrected chi connectivity index (χ1v) is 6.00. The van der Waals surface area contributed by atoms with Gasteiger partial charge in [0.05, 0.1) is 0 Å². The molecular weight excluding hydrogens is 271 g/mol. The van der Waals surface area contributed by atoms with Crippen LogP contribution in [0.15, 0.2) is 24.3 Å². The number of hydrogen-bond donors (Lipinski definition) is 2. The highest BCUT2D eigenvalue weighted by atomic mass is 35.5. The molecule has 6 heteroatoms. The van der Waals surface area contributed by atoms with E-state index in [1.165, 1.54) is 17.0 Å². The first-order valence-electron chi connectivity index (χ1n) is 6.00. The molecule has 0 saturated carbocycles. The van der Waals surface area contributed by atoms with Crippen LogP contribution >= 0.6 is 12.4 Å². The number of hydrogen-bond acceptors (Lipinski definition) is 2. The molecule has 1 aliphatic heterocycles. The molecule has 1 aromatic carbocycles. The Hall–Kier alpha value is -1.33. The number of nitrogens with zero attached hydrogens (tertiary/aromatic N) is 1. The number of benzene rings is 1. The fraction of sp³-hybridized carbons (Fsp3) is 0.462. The van der Waals surface area contributed by atoms with Crippen molar-refractivity contribution in [3.05, 3.63) is 35.6 Å². The van der Waals surface area contributed by atoms with Crippen LogP contribution in [0.4, 0.5) is 9.18 Å². The van der Waals surface area contributed by atoms with Gasteiger partial charge in [-0.05, 0) is 37.0 Å². The minimum atomic E-state index is -0.890. The number of carbonyl (C=O) groups is 1. The Morgan fingerprint density at radius 1 is 1.32 bits per heavy atom. The van der Waals surface area contributed by atoms with E-state index in [9.17, 15) is 9.18 Å². The Morgan fingerprint density at radius 2 is 1.84 bits per heavy atom. The molecule has 0 bridgehead atoms. The molecule has 1 aromatic rings. The second-order valence-corrected chi connectivity index (χ2v) is 4.94. The van der Waals surface area contributed by atoms with Gasteiger partial charge in [-0.2, -0.15) is 0 Å². The molecule has 0 atom stereocenters. The smallest absolute Gasteiger partial charge is 0.407 e. The third-order valence-electron chi connectivity index (χ3n) is 3.50. The van der Waals surface area contributed by atoms with Crippen LogP contribution in [0.2, 0.25) is 0 Å². The molecule has 4 nitrogen and oxygen atoms in total. The van der Waals surface area contributed by atoms with Gasteiger partial charge in [0.25, 0.3) is 0 Å².